The predicted octanol–water partition coefficient (Wildman–Crippen LogP) is 3.36. The first-order valence-corrected chi connectivity index (χ1v) is 9.44. The lowest BCUT2D eigenvalue weighted by atomic mass is 9.89. The van der Waals surface area contributed by atoms with Gasteiger partial charge in [-0.25, -0.2) is 9.97 Å². The minimum Gasteiger partial charge on any atom is -0.467 e. The number of rotatable bonds is 5. The smallest absolute Gasteiger partial charge is 0.258 e. The molecule has 2 aromatic rings. The van der Waals surface area contributed by atoms with E-state index in [9.17, 15) is 4.79 Å². The molecule has 0 spiro atoms. The van der Waals surface area contributed by atoms with Crippen LogP contribution in [0.1, 0.15) is 44.6 Å². The van der Waals surface area contributed by atoms with Crippen LogP contribution in [0.15, 0.2) is 6.33 Å². The van der Waals surface area contributed by atoms with Crippen molar-refractivity contribution < 1.29 is 9.53 Å². The van der Waals surface area contributed by atoms with Crippen molar-refractivity contribution in [3.8, 4) is 5.88 Å². The maximum Gasteiger partial charge on any atom is 0.258 e. The van der Waals surface area contributed by atoms with Crippen molar-refractivity contribution in [2.45, 2.75) is 53.0 Å². The van der Waals surface area contributed by atoms with E-state index in [1.54, 1.807) is 11.3 Å². The second kappa shape index (κ2) is 7.05. The van der Waals surface area contributed by atoms with Crippen molar-refractivity contribution in [3.05, 3.63) is 16.8 Å². The first kappa shape index (κ1) is 17.1. The molecule has 3 rings (SSSR count). The highest BCUT2D eigenvalue weighted by atomic mass is 32.1. The van der Waals surface area contributed by atoms with Crippen molar-refractivity contribution >= 4 is 27.5 Å². The summed E-state index contributed by atoms with van der Waals surface area (Å²) in [4.78, 5) is 23.1. The Morgan fingerprint density at radius 1 is 1.42 bits per heavy atom. The third-order valence-corrected chi connectivity index (χ3v) is 5.95. The first-order valence-electron chi connectivity index (χ1n) is 8.63. The van der Waals surface area contributed by atoms with Crippen LogP contribution < -0.4 is 10.1 Å². The van der Waals surface area contributed by atoms with E-state index in [1.807, 2.05) is 6.92 Å². The van der Waals surface area contributed by atoms with Gasteiger partial charge in [0.05, 0.1) is 5.39 Å². The fraction of sp³-hybridized carbons (Fsp3) is 0.611. The molecule has 5 nitrogen and oxygen atoms in total. The minimum atomic E-state index is -0.110. The Morgan fingerprint density at radius 2 is 2.21 bits per heavy atom. The van der Waals surface area contributed by atoms with Crippen LogP contribution in [0.5, 0.6) is 5.88 Å². The summed E-state index contributed by atoms with van der Waals surface area (Å²) in [6.45, 7) is 8.44. The topological polar surface area (TPSA) is 64.1 Å². The summed E-state index contributed by atoms with van der Waals surface area (Å²) in [7, 11) is 0. The van der Waals surface area contributed by atoms with Gasteiger partial charge in [-0.05, 0) is 43.6 Å². The number of nitrogens with one attached hydrogen (secondary N) is 1. The number of hydrogen-bond donors (Lipinski definition) is 1. The molecule has 2 aromatic heterocycles. The number of aromatic nitrogens is 2. The second-order valence-corrected chi connectivity index (χ2v) is 8.18. The van der Waals surface area contributed by atoms with E-state index in [1.165, 1.54) is 23.2 Å². The first-order chi connectivity index (χ1) is 11.5. The summed E-state index contributed by atoms with van der Waals surface area (Å²) in [6, 6.07) is 0.127. The molecular weight excluding hydrogens is 322 g/mol. The molecular formula is C18H25N3O2S. The number of aryl methyl sites for hydroxylation is 1. The molecule has 2 heterocycles. The Kier molecular flexibility index (Phi) is 5.04. The number of carbonyl (C=O) groups is 1. The van der Waals surface area contributed by atoms with Gasteiger partial charge in [0.15, 0.2) is 6.61 Å². The van der Waals surface area contributed by atoms with Gasteiger partial charge in [0.25, 0.3) is 5.91 Å². The van der Waals surface area contributed by atoms with Gasteiger partial charge in [0, 0.05) is 10.9 Å². The standard InChI is InChI=1S/C18H25N3O2S/c1-10(2)12(4)21-15(22)8-23-17-16-13-6-5-11(3)7-14(13)24-18(16)20-9-19-17/h9-12H,5-8H2,1-4H3,(H,21,22). The Hall–Kier alpha value is -1.69. The van der Waals surface area contributed by atoms with Gasteiger partial charge in [-0.1, -0.05) is 20.8 Å². The molecule has 1 amide bonds. The number of thiophene rings is 1. The normalized spacial score (nSPS) is 18.5. The summed E-state index contributed by atoms with van der Waals surface area (Å²) in [6.07, 6.45) is 4.84. The molecule has 0 aromatic carbocycles. The Morgan fingerprint density at radius 3 is 2.96 bits per heavy atom. The van der Waals surface area contributed by atoms with Gasteiger partial charge in [0.2, 0.25) is 5.88 Å². The molecule has 6 heteroatoms. The summed E-state index contributed by atoms with van der Waals surface area (Å²) >= 11 is 1.73. The van der Waals surface area contributed by atoms with E-state index in [0.717, 1.165) is 23.1 Å². The quantitative estimate of drug-likeness (QED) is 0.901. The van der Waals surface area contributed by atoms with E-state index < -0.39 is 0 Å². The van der Waals surface area contributed by atoms with E-state index in [0.29, 0.717) is 17.7 Å². The molecule has 1 aliphatic rings. The summed E-state index contributed by atoms with van der Waals surface area (Å²) in [5, 5.41) is 3.96. The monoisotopic (exact) mass is 347 g/mol. The van der Waals surface area contributed by atoms with Gasteiger partial charge in [0.1, 0.15) is 11.2 Å². The van der Waals surface area contributed by atoms with E-state index in [-0.39, 0.29) is 18.6 Å². The van der Waals surface area contributed by atoms with E-state index >= 15 is 0 Å². The zero-order valence-electron chi connectivity index (χ0n) is 14.8. The molecule has 2 atom stereocenters. The Balaban J connectivity index is 1.77. The predicted molar refractivity (Wildman–Crippen MR) is 96.5 cm³/mol. The fourth-order valence-electron chi connectivity index (χ4n) is 2.95. The molecule has 1 aliphatic carbocycles. The van der Waals surface area contributed by atoms with Crippen molar-refractivity contribution in [2.75, 3.05) is 6.61 Å². The van der Waals surface area contributed by atoms with Gasteiger partial charge in [-0.2, -0.15) is 0 Å². The molecule has 0 aliphatic heterocycles. The summed E-state index contributed by atoms with van der Waals surface area (Å²) in [5.74, 6) is 1.54. The third kappa shape index (κ3) is 3.53. The minimum absolute atomic E-state index is 0.00973. The highest BCUT2D eigenvalue weighted by Gasteiger charge is 2.24. The maximum atomic E-state index is 12.1. The molecule has 2 unspecified atom stereocenters. The van der Waals surface area contributed by atoms with Crippen LogP contribution >= 0.6 is 11.3 Å². The van der Waals surface area contributed by atoms with Gasteiger partial charge in [-0.15, -0.1) is 11.3 Å². The highest BCUT2D eigenvalue weighted by Crippen LogP contribution is 2.40. The Bertz CT molecular complexity index is 741. The maximum absolute atomic E-state index is 12.1. The van der Waals surface area contributed by atoms with Crippen molar-refractivity contribution in [3.63, 3.8) is 0 Å². The Labute approximate surface area is 146 Å². The van der Waals surface area contributed by atoms with Crippen LogP contribution in [-0.4, -0.2) is 28.5 Å². The van der Waals surface area contributed by atoms with Crippen LogP contribution in [0, 0.1) is 11.8 Å². The van der Waals surface area contributed by atoms with Gasteiger partial charge in [-0.3, -0.25) is 4.79 Å². The number of nitrogens with zero attached hydrogens (tertiary/aromatic N) is 2. The second-order valence-electron chi connectivity index (χ2n) is 7.10. The lowest BCUT2D eigenvalue weighted by Gasteiger charge is -2.18. The average Bonchev–Trinajstić information content (AvgIpc) is 2.90. The number of ether oxygens (including phenoxy) is 1. The van der Waals surface area contributed by atoms with E-state index in [2.05, 4.69) is 36.1 Å². The SMILES string of the molecule is CC1CCc2c(sc3ncnc(OCC(=O)NC(C)C(C)C)c23)C1. The van der Waals surface area contributed by atoms with Crippen LogP contribution in [0.25, 0.3) is 10.2 Å². The summed E-state index contributed by atoms with van der Waals surface area (Å²) in [5.41, 5.74) is 1.32. The molecule has 24 heavy (non-hydrogen) atoms. The van der Waals surface area contributed by atoms with Crippen LogP contribution in [-0.2, 0) is 17.6 Å². The van der Waals surface area contributed by atoms with Crippen LogP contribution in [0.2, 0.25) is 0 Å². The molecule has 0 saturated carbocycles. The molecule has 0 bridgehead atoms. The fourth-order valence-corrected chi connectivity index (χ4v) is 4.29. The zero-order valence-corrected chi connectivity index (χ0v) is 15.6. The molecule has 0 radical (unpaired) electrons. The lowest BCUT2D eigenvalue weighted by molar-refractivity contribution is -0.124. The van der Waals surface area contributed by atoms with Crippen molar-refractivity contribution in [1.82, 2.24) is 15.3 Å². The zero-order chi connectivity index (χ0) is 17.3. The van der Waals surface area contributed by atoms with Crippen LogP contribution in [0.3, 0.4) is 0 Å². The third-order valence-electron chi connectivity index (χ3n) is 4.79. The van der Waals surface area contributed by atoms with Gasteiger partial charge < -0.3 is 10.1 Å². The average molecular weight is 347 g/mol. The molecule has 130 valence electrons. The number of fused-ring (bicyclic) bond motifs is 3. The molecule has 0 saturated heterocycles. The largest absolute Gasteiger partial charge is 0.467 e. The highest BCUT2D eigenvalue weighted by molar-refractivity contribution is 7.18. The molecule has 0 fully saturated rings. The summed E-state index contributed by atoms with van der Waals surface area (Å²) < 4.78 is 5.76. The number of hydrogen-bond acceptors (Lipinski definition) is 5. The molecule has 1 N–H and O–H groups in total. The van der Waals surface area contributed by atoms with E-state index in [4.69, 9.17) is 4.74 Å². The van der Waals surface area contributed by atoms with Crippen molar-refractivity contribution in [1.29, 1.82) is 0 Å². The lowest BCUT2D eigenvalue weighted by Crippen LogP contribution is -2.39. The van der Waals surface area contributed by atoms with Crippen LogP contribution in [0.4, 0.5) is 0 Å². The number of carbonyl (C=O) groups excluding carboxylic acids is 1. The van der Waals surface area contributed by atoms with Crippen molar-refractivity contribution in [2.24, 2.45) is 11.8 Å². The van der Waals surface area contributed by atoms with Gasteiger partial charge >= 0.3 is 0 Å². The number of amides is 1.